The third-order valence-electron chi connectivity index (χ3n) is 4.59. The molecule has 28 heavy (non-hydrogen) atoms. The standard InChI is InChI=1S/C22H27FN4O/c1-22(2,3)19-15-27-14-4-5-18(20(27)26-19)21(28)25-13-12-24-11-10-16-6-8-17(23)9-7-16/h4-9,14-15,24H,10-13H2,1-3H3,(H,25,28). The fourth-order valence-electron chi connectivity index (χ4n) is 2.92. The van der Waals surface area contributed by atoms with Gasteiger partial charge in [-0.25, -0.2) is 9.37 Å². The summed E-state index contributed by atoms with van der Waals surface area (Å²) in [4.78, 5) is 17.2. The number of benzene rings is 1. The van der Waals surface area contributed by atoms with Crippen LogP contribution in [0.5, 0.6) is 0 Å². The maximum Gasteiger partial charge on any atom is 0.255 e. The number of amides is 1. The number of nitrogens with zero attached hydrogens (tertiary/aromatic N) is 2. The third-order valence-corrected chi connectivity index (χ3v) is 4.59. The molecule has 5 nitrogen and oxygen atoms in total. The molecular weight excluding hydrogens is 355 g/mol. The number of aromatic nitrogens is 2. The van der Waals surface area contributed by atoms with Crippen molar-refractivity contribution < 1.29 is 9.18 Å². The molecule has 2 N–H and O–H groups in total. The first-order valence-electron chi connectivity index (χ1n) is 9.56. The molecule has 0 unspecified atom stereocenters. The van der Waals surface area contributed by atoms with E-state index < -0.39 is 0 Å². The lowest BCUT2D eigenvalue weighted by atomic mass is 9.93. The van der Waals surface area contributed by atoms with Crippen molar-refractivity contribution in [2.24, 2.45) is 0 Å². The molecular formula is C22H27FN4O. The van der Waals surface area contributed by atoms with Crippen molar-refractivity contribution in [1.29, 1.82) is 0 Å². The Labute approximate surface area is 165 Å². The van der Waals surface area contributed by atoms with E-state index in [-0.39, 0.29) is 17.1 Å². The van der Waals surface area contributed by atoms with Crippen molar-refractivity contribution in [2.75, 3.05) is 19.6 Å². The number of halogens is 1. The quantitative estimate of drug-likeness (QED) is 0.616. The van der Waals surface area contributed by atoms with Crippen LogP contribution in [-0.2, 0) is 11.8 Å². The molecule has 2 aromatic heterocycles. The Hall–Kier alpha value is -2.73. The predicted octanol–water partition coefficient (Wildman–Crippen LogP) is 3.33. The number of carbonyl (C=O) groups is 1. The lowest BCUT2D eigenvalue weighted by molar-refractivity contribution is 0.0955. The van der Waals surface area contributed by atoms with Gasteiger partial charge in [0, 0.05) is 30.9 Å². The highest BCUT2D eigenvalue weighted by molar-refractivity contribution is 5.99. The summed E-state index contributed by atoms with van der Waals surface area (Å²) in [5.74, 6) is -0.349. The van der Waals surface area contributed by atoms with E-state index in [1.54, 1.807) is 18.2 Å². The first kappa shape index (κ1) is 20.0. The molecule has 0 saturated carbocycles. The van der Waals surface area contributed by atoms with E-state index >= 15 is 0 Å². The largest absolute Gasteiger partial charge is 0.351 e. The monoisotopic (exact) mass is 382 g/mol. The zero-order valence-corrected chi connectivity index (χ0v) is 16.6. The van der Waals surface area contributed by atoms with Crippen LogP contribution in [0.3, 0.4) is 0 Å². The Morgan fingerprint density at radius 3 is 2.57 bits per heavy atom. The summed E-state index contributed by atoms with van der Waals surface area (Å²) in [6.45, 7) is 8.27. The number of imidazole rings is 1. The molecule has 1 aromatic carbocycles. The van der Waals surface area contributed by atoms with E-state index in [4.69, 9.17) is 0 Å². The summed E-state index contributed by atoms with van der Waals surface area (Å²) < 4.78 is 14.8. The highest BCUT2D eigenvalue weighted by Gasteiger charge is 2.20. The van der Waals surface area contributed by atoms with Crippen LogP contribution in [0.15, 0.2) is 48.8 Å². The third kappa shape index (κ3) is 4.95. The maximum absolute atomic E-state index is 12.9. The smallest absolute Gasteiger partial charge is 0.255 e. The minimum atomic E-state index is -0.221. The first-order chi connectivity index (χ1) is 13.3. The molecule has 0 fully saturated rings. The van der Waals surface area contributed by atoms with Gasteiger partial charge < -0.3 is 15.0 Å². The fraction of sp³-hybridized carbons (Fsp3) is 0.364. The number of hydrogen-bond acceptors (Lipinski definition) is 3. The number of fused-ring (bicyclic) bond motifs is 1. The molecule has 148 valence electrons. The Bertz CT molecular complexity index is 941. The van der Waals surface area contributed by atoms with Gasteiger partial charge in [0.15, 0.2) is 0 Å². The first-order valence-corrected chi connectivity index (χ1v) is 9.56. The lowest BCUT2D eigenvalue weighted by Gasteiger charge is -2.13. The van der Waals surface area contributed by atoms with Crippen LogP contribution in [0.4, 0.5) is 4.39 Å². The van der Waals surface area contributed by atoms with Crippen molar-refractivity contribution in [1.82, 2.24) is 20.0 Å². The van der Waals surface area contributed by atoms with Gasteiger partial charge in [-0.2, -0.15) is 0 Å². The summed E-state index contributed by atoms with van der Waals surface area (Å²) in [7, 11) is 0. The summed E-state index contributed by atoms with van der Waals surface area (Å²) in [5, 5.41) is 6.23. The second-order valence-electron chi connectivity index (χ2n) is 7.91. The van der Waals surface area contributed by atoms with Crippen LogP contribution in [0.1, 0.15) is 42.4 Å². The number of nitrogens with one attached hydrogen (secondary N) is 2. The SMILES string of the molecule is CC(C)(C)c1cn2cccc(C(=O)NCCNCCc3ccc(F)cc3)c2n1. The molecule has 0 atom stereocenters. The minimum absolute atomic E-state index is 0.0752. The molecule has 0 aliphatic heterocycles. The van der Waals surface area contributed by atoms with Crippen molar-refractivity contribution in [3.63, 3.8) is 0 Å². The molecule has 0 radical (unpaired) electrons. The molecule has 3 rings (SSSR count). The van der Waals surface area contributed by atoms with Gasteiger partial charge >= 0.3 is 0 Å². The van der Waals surface area contributed by atoms with Crippen molar-refractivity contribution >= 4 is 11.6 Å². The van der Waals surface area contributed by atoms with Gasteiger partial charge in [-0.15, -0.1) is 0 Å². The highest BCUT2D eigenvalue weighted by atomic mass is 19.1. The molecule has 3 aromatic rings. The van der Waals surface area contributed by atoms with Gasteiger partial charge in [0.1, 0.15) is 11.5 Å². The van der Waals surface area contributed by atoms with Gasteiger partial charge in [-0.1, -0.05) is 32.9 Å². The normalized spacial score (nSPS) is 11.7. The average Bonchev–Trinajstić information content (AvgIpc) is 3.10. The van der Waals surface area contributed by atoms with E-state index in [1.165, 1.54) is 12.1 Å². The Morgan fingerprint density at radius 1 is 1.11 bits per heavy atom. The number of hydrogen-bond donors (Lipinski definition) is 2. The molecule has 6 heteroatoms. The Balaban J connectivity index is 1.49. The minimum Gasteiger partial charge on any atom is -0.351 e. The van der Waals surface area contributed by atoms with Crippen LogP contribution >= 0.6 is 0 Å². The Kier molecular flexibility index (Phi) is 6.09. The van der Waals surface area contributed by atoms with E-state index in [9.17, 15) is 9.18 Å². The summed E-state index contributed by atoms with van der Waals surface area (Å²) >= 11 is 0. The van der Waals surface area contributed by atoms with Crippen LogP contribution < -0.4 is 10.6 Å². The average molecular weight is 382 g/mol. The highest BCUT2D eigenvalue weighted by Crippen LogP contribution is 2.22. The molecule has 0 bridgehead atoms. The summed E-state index contributed by atoms with van der Waals surface area (Å²) in [6.07, 6.45) is 4.70. The molecule has 2 heterocycles. The number of pyridine rings is 1. The van der Waals surface area contributed by atoms with Gasteiger partial charge in [0.05, 0.1) is 11.3 Å². The van der Waals surface area contributed by atoms with E-state index in [0.717, 1.165) is 24.2 Å². The second-order valence-corrected chi connectivity index (χ2v) is 7.91. The van der Waals surface area contributed by atoms with E-state index in [2.05, 4.69) is 36.4 Å². The summed E-state index contributed by atoms with van der Waals surface area (Å²) in [6, 6.07) is 10.2. The molecule has 1 amide bonds. The second kappa shape index (κ2) is 8.52. The van der Waals surface area contributed by atoms with Crippen LogP contribution in [-0.4, -0.2) is 34.9 Å². The predicted molar refractivity (Wildman–Crippen MR) is 109 cm³/mol. The lowest BCUT2D eigenvalue weighted by Crippen LogP contribution is -2.32. The molecule has 0 saturated heterocycles. The van der Waals surface area contributed by atoms with Crippen molar-refractivity contribution in [2.45, 2.75) is 32.6 Å². The maximum atomic E-state index is 12.9. The zero-order valence-electron chi connectivity index (χ0n) is 16.6. The topological polar surface area (TPSA) is 58.4 Å². The van der Waals surface area contributed by atoms with Crippen molar-refractivity contribution in [3.05, 3.63) is 71.4 Å². The van der Waals surface area contributed by atoms with Crippen LogP contribution in [0.2, 0.25) is 0 Å². The van der Waals surface area contributed by atoms with Crippen LogP contribution in [0.25, 0.3) is 5.65 Å². The van der Waals surface area contributed by atoms with Gasteiger partial charge in [-0.3, -0.25) is 4.79 Å². The zero-order chi connectivity index (χ0) is 20.1. The van der Waals surface area contributed by atoms with Gasteiger partial charge in [0.25, 0.3) is 5.91 Å². The van der Waals surface area contributed by atoms with Crippen molar-refractivity contribution in [3.8, 4) is 0 Å². The van der Waals surface area contributed by atoms with E-state index in [0.29, 0.717) is 24.3 Å². The van der Waals surface area contributed by atoms with Gasteiger partial charge in [-0.05, 0) is 42.8 Å². The van der Waals surface area contributed by atoms with E-state index in [1.807, 2.05) is 22.9 Å². The molecule has 0 aliphatic rings. The van der Waals surface area contributed by atoms with Crippen LogP contribution in [0, 0.1) is 5.82 Å². The fourth-order valence-corrected chi connectivity index (χ4v) is 2.92. The Morgan fingerprint density at radius 2 is 1.86 bits per heavy atom. The molecule has 0 aliphatic carbocycles. The number of carbonyl (C=O) groups excluding carboxylic acids is 1. The summed E-state index contributed by atoms with van der Waals surface area (Å²) in [5.41, 5.74) is 3.21. The number of rotatable bonds is 7. The molecule has 0 spiro atoms. The van der Waals surface area contributed by atoms with Gasteiger partial charge in [0.2, 0.25) is 0 Å².